The summed E-state index contributed by atoms with van der Waals surface area (Å²) >= 11 is 7.96. The van der Waals surface area contributed by atoms with Gasteiger partial charge in [0.15, 0.2) is 0 Å². The number of fused-ring (bicyclic) bond motifs is 9. The Bertz CT molecular complexity index is 4910. The molecule has 8 aromatic rings. The van der Waals surface area contributed by atoms with E-state index in [1.165, 1.54) is 11.1 Å². The Balaban J connectivity index is 0.000000275. The molecule has 9 N–H and O–H groups in total. The van der Waals surface area contributed by atoms with Crippen molar-refractivity contribution in [2.45, 2.75) is 212 Å². The minimum absolute atomic E-state index is 0. The smallest absolute Gasteiger partial charge is 0.407 e. The van der Waals surface area contributed by atoms with Crippen LogP contribution >= 0.6 is 27.5 Å². The van der Waals surface area contributed by atoms with Crippen molar-refractivity contribution in [1.29, 1.82) is 0 Å². The van der Waals surface area contributed by atoms with E-state index in [0.717, 1.165) is 86.1 Å². The lowest BCUT2D eigenvalue weighted by molar-refractivity contribution is -0.368. The predicted molar refractivity (Wildman–Crippen MR) is 501 cm³/mol. The quantitative estimate of drug-likeness (QED) is 0.00638. The molecule has 8 aromatic carbocycles. The molecule has 4 amide bonds. The number of carbonyl (C=O) groups is 11. The number of nitrogens with zero attached hydrogens (tertiary/aromatic N) is 1. The van der Waals surface area contributed by atoms with E-state index >= 15 is 0 Å². The van der Waals surface area contributed by atoms with E-state index < -0.39 is 94.6 Å². The molecular weight excluding hydrogens is 1800 g/mol. The number of nitrogens with one attached hydrogen (secondary N) is 4. The SMILES string of the molecule is CC(C)(C)OC(=O)CBr.CC(C)(C)OC(=O)CN(CCCC[C@H](NC(=O)OCC1c2ccccc2-c2ccccc21)C(=O)O)CC(=O)OC(C)(C)C.CC(C)(C)OC(=O)NCCCC[C@H](NC(=O)OCC1c2ccccc2-c2ccccc21)C(=O)O.O=C(Cl)OCc1ccccc1.[Cl-].[NH3+]CCCC[C@H](NC(=O)OCC1c2ccccc2-c2ccccc21)C(=O)OCc1ccccc1. The van der Waals surface area contributed by atoms with Gasteiger partial charge in [0, 0.05) is 35.9 Å². The van der Waals surface area contributed by atoms with E-state index in [4.69, 9.17) is 49.5 Å². The summed E-state index contributed by atoms with van der Waals surface area (Å²) in [6.45, 7) is 23.5. The summed E-state index contributed by atoms with van der Waals surface area (Å²) in [7, 11) is 0. The maximum Gasteiger partial charge on any atom is 0.407 e. The van der Waals surface area contributed by atoms with E-state index in [9.17, 15) is 63.0 Å². The van der Waals surface area contributed by atoms with Crippen molar-refractivity contribution in [3.8, 4) is 33.4 Å². The van der Waals surface area contributed by atoms with Gasteiger partial charge in [-0.1, -0.05) is 222 Å². The molecule has 31 heteroatoms. The minimum Gasteiger partial charge on any atom is -1.00 e. The first-order chi connectivity index (χ1) is 62.2. The highest BCUT2D eigenvalue weighted by atomic mass is 79.9. The lowest BCUT2D eigenvalue weighted by Crippen LogP contribution is -3.00. The maximum atomic E-state index is 12.7. The summed E-state index contributed by atoms with van der Waals surface area (Å²) in [5.74, 6) is -4.20. The molecule has 0 saturated heterocycles. The van der Waals surface area contributed by atoms with Crippen LogP contribution in [0.5, 0.6) is 0 Å². The second-order valence-corrected chi connectivity index (χ2v) is 36.1. The number of alkyl halides is 1. The summed E-state index contributed by atoms with van der Waals surface area (Å²) in [6, 6.07) is 64.2. The first-order valence-corrected chi connectivity index (χ1v) is 45.3. The van der Waals surface area contributed by atoms with Crippen LogP contribution in [-0.4, -0.2) is 179 Å². The van der Waals surface area contributed by atoms with E-state index in [0.29, 0.717) is 45.2 Å². The highest BCUT2D eigenvalue weighted by molar-refractivity contribution is 9.09. The zero-order valence-corrected chi connectivity index (χ0v) is 80.2. The van der Waals surface area contributed by atoms with Gasteiger partial charge in [-0.25, -0.2) is 38.4 Å². The second-order valence-electron chi connectivity index (χ2n) is 35.2. The van der Waals surface area contributed by atoms with Gasteiger partial charge in [-0.05, 0) is 225 Å². The van der Waals surface area contributed by atoms with Crippen molar-refractivity contribution >= 4 is 93.1 Å². The molecule has 11 rings (SSSR count). The first-order valence-electron chi connectivity index (χ1n) is 43.8. The zero-order chi connectivity index (χ0) is 95.9. The topological polar surface area (TPSA) is 390 Å². The number of carboxylic acid groups (broad SMARTS) is 2. The molecule has 0 fully saturated rings. The Morgan fingerprint density at radius 2 is 0.674 bits per heavy atom. The predicted octanol–water partition coefficient (Wildman–Crippen LogP) is 15.1. The molecule has 132 heavy (non-hydrogen) atoms. The van der Waals surface area contributed by atoms with Crippen LogP contribution in [0.3, 0.4) is 0 Å². The molecule has 712 valence electrons. The van der Waals surface area contributed by atoms with Gasteiger partial charge in [0.2, 0.25) is 0 Å². The van der Waals surface area contributed by atoms with Crippen molar-refractivity contribution in [3.63, 3.8) is 0 Å². The highest BCUT2D eigenvalue weighted by Gasteiger charge is 2.35. The second kappa shape index (κ2) is 54.2. The van der Waals surface area contributed by atoms with Crippen LogP contribution < -0.4 is 39.4 Å². The summed E-state index contributed by atoms with van der Waals surface area (Å²) in [5.41, 5.74) is 16.0. The van der Waals surface area contributed by atoms with Crippen LogP contribution in [0.2, 0.25) is 0 Å². The fourth-order valence-corrected chi connectivity index (χ4v) is 14.7. The van der Waals surface area contributed by atoms with E-state index in [1.54, 1.807) is 67.2 Å². The van der Waals surface area contributed by atoms with Gasteiger partial charge in [-0.3, -0.25) is 19.3 Å². The Morgan fingerprint density at radius 1 is 0.379 bits per heavy atom. The number of esters is 4. The van der Waals surface area contributed by atoms with E-state index in [-0.39, 0.29) is 106 Å². The number of carboxylic acids is 2. The van der Waals surface area contributed by atoms with Crippen LogP contribution in [0.4, 0.5) is 24.0 Å². The van der Waals surface area contributed by atoms with Crippen molar-refractivity contribution in [2.75, 3.05) is 57.9 Å². The molecule has 0 radical (unpaired) electrons. The standard InChI is InChI=1S/C33H44N2O8.C28H30N2O4.C26H32N2O6.C8H7ClO2.C6H11BrO2.ClH/c1-32(2,3)42-28(36)19-35(20-29(37)43-33(4,5)6)18-12-11-17-27(30(38)39)34-31(40)41-21-26-24-15-9-7-13-22(24)23-14-8-10-16-25(23)26;29-17-9-8-16-26(27(31)33-18-20-10-2-1-3-11-20)30-28(32)34-19-25-23-14-6-4-12-21(23)22-13-5-7-15-24(22)25;1-26(2,3)34-24(31)27-15-9-8-14-22(23(29)30)28-25(32)33-16-21-19-12-6-4-10-17(19)18-11-5-7-13-20(18)21;9-8(10)11-6-7-4-2-1-3-5-7;1-6(2,3)9-5(8)4-7;/h7-10,13-16,26-27H,11-12,17-21H2,1-6H3,(H,34,40)(H,38,39);1-7,10-15,25-26H,8-9,16-19,29H2,(H,30,32);4-7,10-13,21-22H,8-9,14-16H2,1-3H3,(H,27,31)(H,28,32)(H,29,30);1-5H,6H2;4H2,1-3H3;1H/t27-;26-;22-;;;/m000.../s1. The van der Waals surface area contributed by atoms with Crippen LogP contribution in [0.25, 0.3) is 33.4 Å². The Labute approximate surface area is 792 Å². The summed E-state index contributed by atoms with van der Waals surface area (Å²) in [6.07, 6.45) is 1.72. The normalized spacial score (nSPS) is 12.7. The van der Waals surface area contributed by atoms with Crippen LogP contribution in [0.15, 0.2) is 206 Å². The molecule has 3 aliphatic rings. The Hall–Kier alpha value is -11.9. The third-order valence-electron chi connectivity index (χ3n) is 20.1. The molecular formula is C101H125BrCl2N6O22. The third-order valence-corrected chi connectivity index (χ3v) is 20.6. The number of carbonyl (C=O) groups excluding carboxylic acids is 9. The number of quaternary nitrogens is 1. The van der Waals surface area contributed by atoms with Crippen molar-refractivity contribution in [2.24, 2.45) is 0 Å². The molecule has 0 aromatic heterocycles. The first kappa shape index (κ1) is 109. The minimum atomic E-state index is -1.17. The van der Waals surface area contributed by atoms with Crippen LogP contribution in [-0.2, 0) is 84.6 Å². The number of aliphatic carboxylic acids is 2. The lowest BCUT2D eigenvalue weighted by atomic mass is 9.98. The van der Waals surface area contributed by atoms with Crippen molar-refractivity contribution < 1.29 is 124 Å². The van der Waals surface area contributed by atoms with E-state index in [2.05, 4.69) is 71.9 Å². The molecule has 28 nitrogen and oxygen atoms in total. The van der Waals surface area contributed by atoms with Gasteiger partial charge in [0.25, 0.3) is 0 Å². The van der Waals surface area contributed by atoms with Crippen LogP contribution in [0, 0.1) is 0 Å². The monoisotopic (exact) mass is 1920 g/mol. The summed E-state index contributed by atoms with van der Waals surface area (Å²) in [4.78, 5) is 133. The molecule has 0 heterocycles. The third kappa shape index (κ3) is 38.5. The Morgan fingerprint density at radius 3 is 0.985 bits per heavy atom. The maximum absolute atomic E-state index is 12.7. The van der Waals surface area contributed by atoms with Gasteiger partial charge >= 0.3 is 65.6 Å². The van der Waals surface area contributed by atoms with E-state index in [1.807, 2.05) is 203 Å². The number of unbranched alkanes of at least 4 members (excludes halogenated alkanes) is 3. The summed E-state index contributed by atoms with van der Waals surface area (Å²) in [5, 5.41) is 29.7. The van der Waals surface area contributed by atoms with Crippen molar-refractivity contribution in [1.82, 2.24) is 26.2 Å². The van der Waals surface area contributed by atoms with Crippen molar-refractivity contribution in [3.05, 3.63) is 251 Å². The number of hydrogen-bond donors (Lipinski definition) is 7. The number of ether oxygens (including phenoxy) is 9. The van der Waals surface area contributed by atoms with Gasteiger partial charge in [0.05, 0.1) is 19.6 Å². The zero-order valence-electron chi connectivity index (χ0n) is 77.1. The fourth-order valence-electron chi connectivity index (χ4n) is 14.5. The number of halogens is 3. The summed E-state index contributed by atoms with van der Waals surface area (Å²) < 4.78 is 47.4. The Kier molecular flexibility index (Phi) is 44.7. The fraction of sp³-hybridized carbons (Fsp3) is 0.416. The van der Waals surface area contributed by atoms with Gasteiger partial charge < -0.3 is 92.3 Å². The number of amides is 4. The molecule has 0 spiro atoms. The number of hydrogen-bond acceptors (Lipinski definition) is 21. The van der Waals surface area contributed by atoms with Gasteiger partial charge in [-0.15, -0.1) is 0 Å². The molecule has 0 bridgehead atoms. The van der Waals surface area contributed by atoms with Gasteiger partial charge in [-0.2, -0.15) is 0 Å². The molecule has 3 aliphatic carbocycles. The lowest BCUT2D eigenvalue weighted by Gasteiger charge is -2.26. The molecule has 3 atom stereocenters. The molecule has 0 unspecified atom stereocenters. The average Bonchev–Trinajstić information content (AvgIpc) is 1.63. The number of alkyl carbamates (subject to hydrolysis) is 4. The van der Waals surface area contributed by atoms with Gasteiger partial charge in [0.1, 0.15) is 78.9 Å². The van der Waals surface area contributed by atoms with Crippen LogP contribution in [0.1, 0.15) is 203 Å². The number of rotatable bonds is 35. The average molecular weight is 1930 g/mol. The highest BCUT2D eigenvalue weighted by Crippen LogP contribution is 2.47. The molecule has 0 aliphatic heterocycles. The number of benzene rings is 8. The molecule has 0 saturated carbocycles. The largest absolute Gasteiger partial charge is 1.00 e.